The summed E-state index contributed by atoms with van der Waals surface area (Å²) in [5.41, 5.74) is 4.23. The standard InChI is InChI=1S/C20H29N3O/c1-14-7-4-5-11-23(14)12-6-10-21-20(24)17-8-9-19-18(13-17)15(2)16(3)22-19/h8-9,13-14,22H,4-7,10-12H2,1-3H3,(H,21,24)/t14-/m1/s1. The topological polar surface area (TPSA) is 48.1 Å². The van der Waals surface area contributed by atoms with Gasteiger partial charge in [-0.25, -0.2) is 0 Å². The summed E-state index contributed by atoms with van der Waals surface area (Å²) in [5, 5.41) is 4.21. The van der Waals surface area contributed by atoms with Gasteiger partial charge in [0.25, 0.3) is 5.91 Å². The van der Waals surface area contributed by atoms with Gasteiger partial charge in [-0.15, -0.1) is 0 Å². The molecule has 2 heterocycles. The predicted molar refractivity (Wildman–Crippen MR) is 99.6 cm³/mol. The minimum atomic E-state index is 0.0295. The van der Waals surface area contributed by atoms with Crippen LogP contribution < -0.4 is 5.32 Å². The van der Waals surface area contributed by atoms with Crippen LogP contribution in [0, 0.1) is 13.8 Å². The van der Waals surface area contributed by atoms with Gasteiger partial charge in [0.2, 0.25) is 0 Å². The molecule has 1 aliphatic heterocycles. The van der Waals surface area contributed by atoms with Crippen molar-refractivity contribution >= 4 is 16.8 Å². The van der Waals surface area contributed by atoms with Gasteiger partial charge in [0, 0.05) is 41.3 Å². The maximum Gasteiger partial charge on any atom is 0.251 e. The number of piperidine rings is 1. The maximum atomic E-state index is 12.4. The zero-order valence-corrected chi connectivity index (χ0v) is 15.1. The van der Waals surface area contributed by atoms with Gasteiger partial charge in [0.1, 0.15) is 0 Å². The SMILES string of the molecule is Cc1[nH]c2ccc(C(=O)NCCCN3CCCC[C@H]3C)cc2c1C. The van der Waals surface area contributed by atoms with Crippen LogP contribution in [0.15, 0.2) is 18.2 Å². The molecule has 4 heteroatoms. The molecule has 24 heavy (non-hydrogen) atoms. The molecular formula is C20H29N3O. The van der Waals surface area contributed by atoms with E-state index in [0.717, 1.165) is 36.0 Å². The Labute approximate surface area is 144 Å². The molecule has 1 amide bonds. The summed E-state index contributed by atoms with van der Waals surface area (Å²) in [4.78, 5) is 18.3. The molecule has 0 bridgehead atoms. The van der Waals surface area contributed by atoms with E-state index in [1.54, 1.807) is 0 Å². The van der Waals surface area contributed by atoms with Crippen molar-refractivity contribution in [3.63, 3.8) is 0 Å². The first kappa shape index (κ1) is 17.0. The molecule has 0 aliphatic carbocycles. The molecule has 0 saturated carbocycles. The second kappa shape index (κ2) is 7.39. The second-order valence-electron chi connectivity index (χ2n) is 7.13. The van der Waals surface area contributed by atoms with Crippen LogP contribution in [-0.2, 0) is 0 Å². The largest absolute Gasteiger partial charge is 0.358 e. The zero-order valence-electron chi connectivity index (χ0n) is 15.1. The summed E-state index contributed by atoms with van der Waals surface area (Å²) >= 11 is 0. The smallest absolute Gasteiger partial charge is 0.251 e. The Hall–Kier alpha value is -1.81. The number of amides is 1. The molecule has 1 aromatic heterocycles. The quantitative estimate of drug-likeness (QED) is 0.821. The Bertz CT molecular complexity index is 719. The third-order valence-electron chi connectivity index (χ3n) is 5.42. The van der Waals surface area contributed by atoms with E-state index < -0.39 is 0 Å². The first-order valence-corrected chi connectivity index (χ1v) is 9.17. The van der Waals surface area contributed by atoms with Gasteiger partial charge in [-0.1, -0.05) is 6.42 Å². The van der Waals surface area contributed by atoms with Crippen LogP contribution in [0.2, 0.25) is 0 Å². The summed E-state index contributed by atoms with van der Waals surface area (Å²) in [6, 6.07) is 6.59. The number of aromatic amines is 1. The van der Waals surface area contributed by atoms with Crippen molar-refractivity contribution in [3.05, 3.63) is 35.0 Å². The fourth-order valence-electron chi connectivity index (χ4n) is 3.68. The molecule has 0 spiro atoms. The van der Waals surface area contributed by atoms with Gasteiger partial charge in [-0.05, 0) is 70.3 Å². The molecule has 130 valence electrons. The Morgan fingerprint density at radius 3 is 2.96 bits per heavy atom. The minimum Gasteiger partial charge on any atom is -0.358 e. The Morgan fingerprint density at radius 1 is 1.33 bits per heavy atom. The average Bonchev–Trinajstić information content (AvgIpc) is 2.87. The number of likely N-dealkylation sites (tertiary alicyclic amines) is 1. The summed E-state index contributed by atoms with van der Waals surface area (Å²) < 4.78 is 0. The number of hydrogen-bond donors (Lipinski definition) is 2. The summed E-state index contributed by atoms with van der Waals surface area (Å²) in [6.07, 6.45) is 4.99. The van der Waals surface area contributed by atoms with E-state index in [1.807, 2.05) is 18.2 Å². The average molecular weight is 327 g/mol. The number of carbonyl (C=O) groups excluding carboxylic acids is 1. The van der Waals surface area contributed by atoms with Gasteiger partial charge in [-0.3, -0.25) is 4.79 Å². The fourth-order valence-corrected chi connectivity index (χ4v) is 3.68. The van der Waals surface area contributed by atoms with E-state index in [4.69, 9.17) is 0 Å². The van der Waals surface area contributed by atoms with Crippen molar-refractivity contribution in [1.82, 2.24) is 15.2 Å². The zero-order chi connectivity index (χ0) is 17.1. The molecular weight excluding hydrogens is 298 g/mol. The number of fused-ring (bicyclic) bond motifs is 1. The van der Waals surface area contributed by atoms with E-state index in [1.165, 1.54) is 37.1 Å². The highest BCUT2D eigenvalue weighted by Gasteiger charge is 2.17. The number of hydrogen-bond acceptors (Lipinski definition) is 2. The van der Waals surface area contributed by atoms with Crippen molar-refractivity contribution in [2.75, 3.05) is 19.6 Å². The van der Waals surface area contributed by atoms with Gasteiger partial charge in [0.15, 0.2) is 0 Å². The normalized spacial score (nSPS) is 18.9. The van der Waals surface area contributed by atoms with Gasteiger partial charge >= 0.3 is 0 Å². The third-order valence-corrected chi connectivity index (χ3v) is 5.42. The van der Waals surface area contributed by atoms with Crippen LogP contribution in [0.3, 0.4) is 0 Å². The number of rotatable bonds is 5. The lowest BCUT2D eigenvalue weighted by atomic mass is 10.0. The van der Waals surface area contributed by atoms with Crippen molar-refractivity contribution in [2.45, 2.75) is 52.5 Å². The summed E-state index contributed by atoms with van der Waals surface area (Å²) in [6.45, 7) is 9.50. The molecule has 0 unspecified atom stereocenters. The minimum absolute atomic E-state index is 0.0295. The molecule has 0 radical (unpaired) electrons. The summed E-state index contributed by atoms with van der Waals surface area (Å²) in [7, 11) is 0. The van der Waals surface area contributed by atoms with Gasteiger partial charge < -0.3 is 15.2 Å². The monoisotopic (exact) mass is 327 g/mol. The van der Waals surface area contributed by atoms with Gasteiger partial charge in [0.05, 0.1) is 0 Å². The Balaban J connectivity index is 1.52. The van der Waals surface area contributed by atoms with E-state index in [9.17, 15) is 4.79 Å². The molecule has 1 atom stereocenters. The van der Waals surface area contributed by atoms with Crippen molar-refractivity contribution in [3.8, 4) is 0 Å². The lowest BCUT2D eigenvalue weighted by molar-refractivity contribution is 0.0949. The predicted octanol–water partition coefficient (Wildman–Crippen LogP) is 3.78. The number of H-pyrrole nitrogens is 1. The number of aromatic nitrogens is 1. The lowest BCUT2D eigenvalue weighted by Gasteiger charge is -2.33. The summed E-state index contributed by atoms with van der Waals surface area (Å²) in [5.74, 6) is 0.0295. The molecule has 1 aliphatic rings. The van der Waals surface area contributed by atoms with E-state index in [0.29, 0.717) is 6.04 Å². The highest BCUT2D eigenvalue weighted by molar-refractivity contribution is 5.99. The van der Waals surface area contributed by atoms with Crippen molar-refractivity contribution < 1.29 is 4.79 Å². The van der Waals surface area contributed by atoms with Crippen LogP contribution in [0.4, 0.5) is 0 Å². The van der Waals surface area contributed by atoms with E-state index in [2.05, 4.69) is 36.0 Å². The molecule has 1 fully saturated rings. The molecule has 2 aromatic rings. The highest BCUT2D eigenvalue weighted by atomic mass is 16.1. The molecule has 3 rings (SSSR count). The van der Waals surface area contributed by atoms with E-state index in [-0.39, 0.29) is 5.91 Å². The number of nitrogens with zero attached hydrogens (tertiary/aromatic N) is 1. The number of benzene rings is 1. The highest BCUT2D eigenvalue weighted by Crippen LogP contribution is 2.22. The number of nitrogens with one attached hydrogen (secondary N) is 2. The number of carbonyl (C=O) groups is 1. The fraction of sp³-hybridized carbons (Fsp3) is 0.550. The molecule has 4 nitrogen and oxygen atoms in total. The van der Waals surface area contributed by atoms with Crippen LogP contribution in [0.5, 0.6) is 0 Å². The first-order chi connectivity index (χ1) is 11.6. The van der Waals surface area contributed by atoms with Crippen LogP contribution >= 0.6 is 0 Å². The second-order valence-corrected chi connectivity index (χ2v) is 7.13. The Morgan fingerprint density at radius 2 is 2.17 bits per heavy atom. The van der Waals surface area contributed by atoms with E-state index >= 15 is 0 Å². The van der Waals surface area contributed by atoms with Crippen molar-refractivity contribution in [1.29, 1.82) is 0 Å². The maximum absolute atomic E-state index is 12.4. The lowest BCUT2D eigenvalue weighted by Crippen LogP contribution is -2.39. The van der Waals surface area contributed by atoms with Crippen LogP contribution in [0.1, 0.15) is 54.2 Å². The van der Waals surface area contributed by atoms with Gasteiger partial charge in [-0.2, -0.15) is 0 Å². The van der Waals surface area contributed by atoms with Crippen molar-refractivity contribution in [2.24, 2.45) is 0 Å². The van der Waals surface area contributed by atoms with Crippen LogP contribution in [-0.4, -0.2) is 41.5 Å². The number of aryl methyl sites for hydroxylation is 2. The molecule has 2 N–H and O–H groups in total. The Kier molecular flexibility index (Phi) is 5.24. The molecule has 1 saturated heterocycles. The third kappa shape index (κ3) is 3.64. The molecule has 1 aromatic carbocycles. The first-order valence-electron chi connectivity index (χ1n) is 9.17. The van der Waals surface area contributed by atoms with Crippen LogP contribution in [0.25, 0.3) is 10.9 Å².